The lowest BCUT2D eigenvalue weighted by Gasteiger charge is -2.45. The number of amides is 3. The van der Waals surface area contributed by atoms with E-state index >= 15 is 0 Å². The van der Waals surface area contributed by atoms with E-state index in [9.17, 15) is 19.5 Å². The van der Waals surface area contributed by atoms with Gasteiger partial charge in [-0.1, -0.05) is 26.0 Å². The quantitative estimate of drug-likeness (QED) is 0.356. The first kappa shape index (κ1) is 32.1. The molecule has 0 aliphatic carbocycles. The molecule has 8 nitrogen and oxygen atoms in total. The van der Waals surface area contributed by atoms with E-state index < -0.39 is 34.2 Å². The Balaban J connectivity index is 1.81. The smallest absolute Gasteiger partial charge is 0.247 e. The normalized spacial score (nSPS) is 28.8. The molecule has 42 heavy (non-hydrogen) atoms. The zero-order valence-electron chi connectivity index (χ0n) is 25.9. The Morgan fingerprint density at radius 2 is 1.81 bits per heavy atom. The van der Waals surface area contributed by atoms with Gasteiger partial charge in [-0.2, -0.15) is 0 Å². The molecule has 1 spiro atoms. The third-order valence-corrected chi connectivity index (χ3v) is 11.3. The number of carbonyl (C=O) groups is 3. The Kier molecular flexibility index (Phi) is 9.53. The number of thioether (sulfide) groups is 1. The summed E-state index contributed by atoms with van der Waals surface area (Å²) in [5.41, 5.74) is 0.198. The fourth-order valence-electron chi connectivity index (χ4n) is 7.32. The van der Waals surface area contributed by atoms with Crippen LogP contribution in [0, 0.1) is 17.8 Å². The summed E-state index contributed by atoms with van der Waals surface area (Å²) in [7, 11) is 0. The third kappa shape index (κ3) is 5.17. The van der Waals surface area contributed by atoms with E-state index in [0.29, 0.717) is 31.8 Å². The molecule has 0 saturated carbocycles. The highest BCUT2D eigenvalue weighted by atomic mass is 32.2. The highest BCUT2D eigenvalue weighted by Gasteiger charge is 2.77. The molecular formula is C33H47N3O5S. The van der Waals surface area contributed by atoms with Crippen molar-refractivity contribution in [1.29, 1.82) is 0 Å². The lowest BCUT2D eigenvalue weighted by Crippen LogP contribution is -2.62. The van der Waals surface area contributed by atoms with Crippen LogP contribution in [0.1, 0.15) is 54.4 Å². The minimum atomic E-state index is -0.785. The number of carbonyl (C=O) groups excluding carboxylic acids is 3. The largest absolute Gasteiger partial charge is 0.494 e. The van der Waals surface area contributed by atoms with E-state index in [2.05, 4.69) is 20.1 Å². The van der Waals surface area contributed by atoms with E-state index in [-0.39, 0.29) is 35.5 Å². The Morgan fingerprint density at radius 1 is 1.17 bits per heavy atom. The van der Waals surface area contributed by atoms with E-state index in [1.165, 1.54) is 0 Å². The second-order valence-electron chi connectivity index (χ2n) is 12.6. The Labute approximate surface area is 255 Å². The second kappa shape index (κ2) is 12.4. The number of rotatable bonds is 12. The SMILES string of the molecule is C=CCN(C(=O)[C@@H]1[C@@H]2CC(C)C3(S2)C(C(=O)N(CC=C)C(C)(C)C)N([C@@H](CC)CO)C(=O)[C@H]13)c1ccc(OCC)cc1. The van der Waals surface area contributed by atoms with Gasteiger partial charge in [-0.3, -0.25) is 14.4 Å². The van der Waals surface area contributed by atoms with Gasteiger partial charge in [-0.15, -0.1) is 24.9 Å². The van der Waals surface area contributed by atoms with Crippen LogP contribution in [0.3, 0.4) is 0 Å². The summed E-state index contributed by atoms with van der Waals surface area (Å²) in [6.07, 6.45) is 4.64. The van der Waals surface area contributed by atoms with Gasteiger partial charge in [0, 0.05) is 29.6 Å². The van der Waals surface area contributed by atoms with Crippen molar-refractivity contribution in [3.8, 4) is 5.75 Å². The fourth-order valence-corrected chi connectivity index (χ4v) is 9.72. The molecule has 230 valence electrons. The number of fused-ring (bicyclic) bond motifs is 1. The minimum Gasteiger partial charge on any atom is -0.494 e. The molecule has 3 unspecified atom stereocenters. The fraction of sp³-hybridized carbons (Fsp3) is 0.606. The average molecular weight is 598 g/mol. The van der Waals surface area contributed by atoms with Gasteiger partial charge in [0.15, 0.2) is 0 Å². The van der Waals surface area contributed by atoms with Gasteiger partial charge < -0.3 is 24.5 Å². The number of ether oxygens (including phenoxy) is 1. The summed E-state index contributed by atoms with van der Waals surface area (Å²) in [5.74, 6) is -0.990. The molecule has 0 aromatic heterocycles. The Hall–Kier alpha value is -2.78. The maximum Gasteiger partial charge on any atom is 0.247 e. The number of benzene rings is 1. The van der Waals surface area contributed by atoms with Crippen molar-refractivity contribution in [3.05, 3.63) is 49.6 Å². The predicted octanol–water partition coefficient (Wildman–Crippen LogP) is 4.53. The summed E-state index contributed by atoms with van der Waals surface area (Å²) in [4.78, 5) is 48.9. The molecule has 1 aromatic carbocycles. The highest BCUT2D eigenvalue weighted by molar-refractivity contribution is 8.02. The van der Waals surface area contributed by atoms with Gasteiger partial charge >= 0.3 is 0 Å². The van der Waals surface area contributed by atoms with Gasteiger partial charge in [0.2, 0.25) is 17.7 Å². The minimum absolute atomic E-state index is 0.0320. The lowest BCUT2D eigenvalue weighted by atomic mass is 9.65. The summed E-state index contributed by atoms with van der Waals surface area (Å²) in [5, 5.41) is 10.3. The molecule has 3 heterocycles. The van der Waals surface area contributed by atoms with Gasteiger partial charge in [0.1, 0.15) is 11.8 Å². The third-order valence-electron chi connectivity index (χ3n) is 9.20. The van der Waals surface area contributed by atoms with Crippen molar-refractivity contribution < 1.29 is 24.2 Å². The van der Waals surface area contributed by atoms with Crippen LogP contribution in [0.4, 0.5) is 5.69 Å². The molecule has 3 saturated heterocycles. The number of hydrogen-bond acceptors (Lipinski definition) is 6. The van der Waals surface area contributed by atoms with E-state index in [1.54, 1.807) is 38.6 Å². The van der Waals surface area contributed by atoms with Crippen LogP contribution in [-0.2, 0) is 14.4 Å². The topological polar surface area (TPSA) is 90.4 Å². The molecule has 3 amide bonds. The van der Waals surface area contributed by atoms with Gasteiger partial charge in [0.05, 0.1) is 35.8 Å². The number of nitrogens with zero attached hydrogens (tertiary/aromatic N) is 3. The zero-order chi connectivity index (χ0) is 31.0. The second-order valence-corrected chi connectivity index (χ2v) is 14.2. The van der Waals surface area contributed by atoms with Crippen molar-refractivity contribution >= 4 is 35.2 Å². The maximum atomic E-state index is 14.6. The monoisotopic (exact) mass is 597 g/mol. The average Bonchev–Trinajstić information content (AvgIpc) is 3.54. The predicted molar refractivity (Wildman–Crippen MR) is 168 cm³/mol. The number of likely N-dealkylation sites (tertiary alicyclic amines) is 1. The molecule has 0 radical (unpaired) electrons. The molecule has 3 fully saturated rings. The van der Waals surface area contributed by atoms with Crippen molar-refractivity contribution in [2.24, 2.45) is 17.8 Å². The zero-order valence-corrected chi connectivity index (χ0v) is 26.7. The summed E-state index contributed by atoms with van der Waals surface area (Å²) < 4.78 is 4.82. The van der Waals surface area contributed by atoms with Crippen LogP contribution in [-0.4, -0.2) is 86.6 Å². The number of aliphatic hydroxyl groups excluding tert-OH is 1. The van der Waals surface area contributed by atoms with Crippen LogP contribution in [0.2, 0.25) is 0 Å². The standard InChI is InChI=1S/C33H47N3O5S/c1-9-17-34(23-13-15-24(16-14-23)41-12-4)29(38)26-25-19-21(5)33(42-25)27(26)30(39)36(22(11-3)20-37)28(33)31(40)35(18-10-2)32(6,7)8/h9-10,13-16,21-22,25-28,37H,1-2,11-12,17-20H2,3-8H3/t21?,22-,25-,26+,27-,28?,33?/m0/s1. The molecule has 1 N–H and O–H groups in total. The molecule has 7 atom stereocenters. The molecule has 1 aromatic rings. The van der Waals surface area contributed by atoms with Crippen LogP contribution >= 0.6 is 11.8 Å². The van der Waals surface area contributed by atoms with Gasteiger partial charge in [0.25, 0.3) is 0 Å². The lowest BCUT2D eigenvalue weighted by molar-refractivity contribution is -0.148. The maximum absolute atomic E-state index is 14.6. The molecule has 4 rings (SSSR count). The molecule has 2 bridgehead atoms. The summed E-state index contributed by atoms with van der Waals surface area (Å²) in [6.45, 7) is 20.6. The van der Waals surface area contributed by atoms with Crippen molar-refractivity contribution in [2.75, 3.05) is 31.2 Å². The first-order chi connectivity index (χ1) is 19.9. The highest BCUT2D eigenvalue weighted by Crippen LogP contribution is 2.69. The number of aliphatic hydroxyl groups is 1. The molecule has 9 heteroatoms. The van der Waals surface area contributed by atoms with Crippen LogP contribution < -0.4 is 9.64 Å². The Bertz CT molecular complexity index is 1190. The van der Waals surface area contributed by atoms with E-state index in [1.807, 2.05) is 58.9 Å². The Morgan fingerprint density at radius 3 is 2.33 bits per heavy atom. The van der Waals surface area contributed by atoms with Crippen LogP contribution in [0.25, 0.3) is 0 Å². The first-order valence-corrected chi connectivity index (χ1v) is 16.0. The van der Waals surface area contributed by atoms with Crippen LogP contribution in [0.15, 0.2) is 49.6 Å². The number of anilines is 1. The van der Waals surface area contributed by atoms with Crippen molar-refractivity contribution in [2.45, 2.75) is 82.0 Å². The molecule has 3 aliphatic heterocycles. The van der Waals surface area contributed by atoms with E-state index in [4.69, 9.17) is 4.74 Å². The molecule has 3 aliphatic rings. The molecular weight excluding hydrogens is 550 g/mol. The van der Waals surface area contributed by atoms with Gasteiger partial charge in [-0.25, -0.2) is 0 Å². The summed E-state index contributed by atoms with van der Waals surface area (Å²) >= 11 is 1.65. The van der Waals surface area contributed by atoms with Crippen LogP contribution in [0.5, 0.6) is 5.75 Å². The van der Waals surface area contributed by atoms with E-state index in [0.717, 1.165) is 12.2 Å². The van der Waals surface area contributed by atoms with Crippen molar-refractivity contribution in [3.63, 3.8) is 0 Å². The summed E-state index contributed by atoms with van der Waals surface area (Å²) in [6, 6.07) is 6.09. The van der Waals surface area contributed by atoms with Gasteiger partial charge in [-0.05, 0) is 70.7 Å². The first-order valence-electron chi connectivity index (χ1n) is 15.1. The van der Waals surface area contributed by atoms with Crippen molar-refractivity contribution in [1.82, 2.24) is 9.80 Å². The number of hydrogen-bond donors (Lipinski definition) is 1.